The normalized spacial score (nSPS) is 10.4. The van der Waals surface area contributed by atoms with Crippen LogP contribution in [0.25, 0.3) is 0 Å². The highest BCUT2D eigenvalue weighted by atomic mass is 16.5. The molecule has 0 saturated carbocycles. The molecule has 0 atom stereocenters. The van der Waals surface area contributed by atoms with Crippen LogP contribution in [0.3, 0.4) is 0 Å². The van der Waals surface area contributed by atoms with Gasteiger partial charge in [0.1, 0.15) is 13.2 Å². The monoisotopic (exact) mass is 426 g/mol. The fraction of sp³-hybridized carbons (Fsp3) is 0.120. The average Bonchev–Trinajstić information content (AvgIpc) is 2.86. The Labute approximate surface area is 186 Å². The van der Waals surface area contributed by atoms with Crippen molar-refractivity contribution >= 4 is 11.6 Å². The minimum Gasteiger partial charge on any atom is -0.471 e. The van der Waals surface area contributed by atoms with E-state index in [0.717, 1.165) is 16.7 Å². The minimum absolute atomic E-state index is 0.0671. The van der Waals surface area contributed by atoms with E-state index >= 15 is 0 Å². The van der Waals surface area contributed by atoms with Gasteiger partial charge >= 0.3 is 0 Å². The summed E-state index contributed by atoms with van der Waals surface area (Å²) < 4.78 is 11.7. The maximum atomic E-state index is 11.7. The lowest BCUT2D eigenvalue weighted by Gasteiger charge is -2.13. The highest BCUT2D eigenvalue weighted by Crippen LogP contribution is 2.36. The lowest BCUT2D eigenvalue weighted by atomic mass is 10.2. The first kappa shape index (κ1) is 21.0. The first-order valence-electron chi connectivity index (χ1n) is 10.2. The van der Waals surface area contributed by atoms with Gasteiger partial charge in [-0.15, -0.1) is 4.91 Å². The third-order valence-electron chi connectivity index (χ3n) is 4.64. The highest BCUT2D eigenvalue weighted by Gasteiger charge is 2.19. The van der Waals surface area contributed by atoms with E-state index in [1.54, 1.807) is 0 Å². The van der Waals surface area contributed by atoms with Crippen molar-refractivity contribution in [2.45, 2.75) is 19.8 Å². The van der Waals surface area contributed by atoms with Crippen molar-refractivity contribution in [3.8, 4) is 11.8 Å². The van der Waals surface area contributed by atoms with Gasteiger partial charge in [0.05, 0.1) is 0 Å². The largest absolute Gasteiger partial charge is 0.471 e. The summed E-state index contributed by atoms with van der Waals surface area (Å²) in [6.07, 6.45) is 0. The second kappa shape index (κ2) is 10.7. The number of anilines is 1. The van der Waals surface area contributed by atoms with Crippen LogP contribution >= 0.6 is 0 Å². The summed E-state index contributed by atoms with van der Waals surface area (Å²) in [4.78, 5) is 20.4. The molecule has 0 aliphatic rings. The maximum absolute atomic E-state index is 11.7. The van der Waals surface area contributed by atoms with E-state index in [0.29, 0.717) is 6.54 Å². The van der Waals surface area contributed by atoms with Crippen molar-refractivity contribution < 1.29 is 9.47 Å². The van der Waals surface area contributed by atoms with Crippen molar-refractivity contribution in [2.75, 3.05) is 5.32 Å². The molecular formula is C25H22N4O3. The molecule has 7 heteroatoms. The Morgan fingerprint density at radius 3 is 1.53 bits per heavy atom. The van der Waals surface area contributed by atoms with Crippen LogP contribution in [0.1, 0.15) is 16.7 Å². The van der Waals surface area contributed by atoms with Crippen molar-refractivity contribution in [3.63, 3.8) is 0 Å². The molecule has 0 amide bonds. The van der Waals surface area contributed by atoms with Crippen LogP contribution in [-0.4, -0.2) is 9.97 Å². The average molecular weight is 426 g/mol. The van der Waals surface area contributed by atoms with Crippen LogP contribution in [0.2, 0.25) is 0 Å². The molecule has 32 heavy (non-hydrogen) atoms. The van der Waals surface area contributed by atoms with Crippen LogP contribution in [0.5, 0.6) is 11.8 Å². The SMILES string of the molecule is O=Nc1c(OCc2ccccc2)nc(NCc2ccccc2)nc1OCc1ccccc1. The molecule has 1 N–H and O–H groups in total. The summed E-state index contributed by atoms with van der Waals surface area (Å²) in [7, 11) is 0. The van der Waals surface area contributed by atoms with E-state index in [1.165, 1.54) is 0 Å². The van der Waals surface area contributed by atoms with E-state index < -0.39 is 0 Å². The molecule has 0 radical (unpaired) electrons. The Bertz CT molecular complexity index is 1080. The zero-order valence-electron chi connectivity index (χ0n) is 17.3. The number of aromatic nitrogens is 2. The smallest absolute Gasteiger partial charge is 0.253 e. The van der Waals surface area contributed by atoms with Gasteiger partial charge in [0, 0.05) is 6.54 Å². The Morgan fingerprint density at radius 1 is 0.656 bits per heavy atom. The van der Waals surface area contributed by atoms with Crippen LogP contribution in [-0.2, 0) is 19.8 Å². The lowest BCUT2D eigenvalue weighted by molar-refractivity contribution is 0.277. The molecule has 4 aromatic rings. The highest BCUT2D eigenvalue weighted by molar-refractivity contribution is 5.58. The predicted molar refractivity (Wildman–Crippen MR) is 123 cm³/mol. The third kappa shape index (κ3) is 5.66. The van der Waals surface area contributed by atoms with Gasteiger partial charge in [0.2, 0.25) is 11.6 Å². The summed E-state index contributed by atoms with van der Waals surface area (Å²) in [5, 5.41) is 6.27. The zero-order chi connectivity index (χ0) is 22.0. The third-order valence-corrected chi connectivity index (χ3v) is 4.64. The van der Waals surface area contributed by atoms with Gasteiger partial charge in [-0.3, -0.25) is 0 Å². The molecule has 0 aliphatic heterocycles. The summed E-state index contributed by atoms with van der Waals surface area (Å²) >= 11 is 0. The molecule has 0 unspecified atom stereocenters. The second-order valence-corrected chi connectivity index (χ2v) is 6.99. The number of nitrogens with one attached hydrogen (secondary N) is 1. The summed E-state index contributed by atoms with van der Waals surface area (Å²) in [5.41, 5.74) is 2.87. The van der Waals surface area contributed by atoms with Crippen LogP contribution in [0, 0.1) is 4.91 Å². The van der Waals surface area contributed by atoms with Gasteiger partial charge in [0.25, 0.3) is 11.8 Å². The standard InChI is InChI=1S/C25H22N4O3/c30-29-22-23(31-17-20-12-6-2-7-13-20)27-25(26-16-19-10-4-1-5-11-19)28-24(22)32-18-21-14-8-3-9-15-21/h1-15H,16-18H2,(H,26,27,28). The van der Waals surface area contributed by atoms with Gasteiger partial charge < -0.3 is 14.8 Å². The van der Waals surface area contributed by atoms with E-state index in [-0.39, 0.29) is 36.6 Å². The molecule has 1 heterocycles. The first-order chi connectivity index (χ1) is 15.8. The Balaban J connectivity index is 1.58. The Kier molecular flexibility index (Phi) is 7.00. The van der Waals surface area contributed by atoms with Gasteiger partial charge in [-0.05, 0) is 21.9 Å². The number of ether oxygens (including phenoxy) is 2. The number of nitrogens with zero attached hydrogens (tertiary/aromatic N) is 3. The van der Waals surface area contributed by atoms with Crippen molar-refractivity contribution in [1.82, 2.24) is 9.97 Å². The van der Waals surface area contributed by atoms with Crippen molar-refractivity contribution in [1.29, 1.82) is 0 Å². The quantitative estimate of drug-likeness (QED) is 0.330. The molecule has 7 nitrogen and oxygen atoms in total. The summed E-state index contributed by atoms with van der Waals surface area (Å²) in [6, 6.07) is 29.1. The Morgan fingerprint density at radius 2 is 1.09 bits per heavy atom. The molecular weight excluding hydrogens is 404 g/mol. The second-order valence-electron chi connectivity index (χ2n) is 6.99. The summed E-state index contributed by atoms with van der Waals surface area (Å²) in [5.74, 6) is 0.419. The predicted octanol–water partition coefficient (Wildman–Crippen LogP) is 5.64. The molecule has 0 fully saturated rings. The zero-order valence-corrected chi connectivity index (χ0v) is 17.3. The molecule has 3 aromatic carbocycles. The minimum atomic E-state index is -0.0675. The van der Waals surface area contributed by atoms with Crippen LogP contribution in [0.15, 0.2) is 96.2 Å². The molecule has 4 rings (SSSR count). The molecule has 0 saturated heterocycles. The lowest BCUT2D eigenvalue weighted by Crippen LogP contribution is -2.08. The molecule has 0 spiro atoms. The number of nitroso groups, excluding NO2 is 1. The van der Waals surface area contributed by atoms with Gasteiger partial charge in [-0.2, -0.15) is 9.97 Å². The van der Waals surface area contributed by atoms with E-state index in [9.17, 15) is 4.91 Å². The molecule has 0 aliphatic carbocycles. The maximum Gasteiger partial charge on any atom is 0.253 e. The van der Waals surface area contributed by atoms with E-state index in [2.05, 4.69) is 20.5 Å². The number of rotatable bonds is 10. The Hall–Kier alpha value is -4.26. The topological polar surface area (TPSA) is 85.7 Å². The number of hydrogen-bond acceptors (Lipinski definition) is 7. The van der Waals surface area contributed by atoms with Crippen LogP contribution in [0.4, 0.5) is 11.6 Å². The fourth-order valence-corrected chi connectivity index (χ4v) is 3.00. The fourth-order valence-electron chi connectivity index (χ4n) is 3.00. The molecule has 160 valence electrons. The van der Waals surface area contributed by atoms with Crippen molar-refractivity contribution in [3.05, 3.63) is 113 Å². The van der Waals surface area contributed by atoms with Gasteiger partial charge in [-0.1, -0.05) is 91.0 Å². The van der Waals surface area contributed by atoms with Crippen molar-refractivity contribution in [2.24, 2.45) is 5.18 Å². The number of hydrogen-bond donors (Lipinski definition) is 1. The van der Waals surface area contributed by atoms with Gasteiger partial charge in [-0.25, -0.2) is 0 Å². The molecule has 0 bridgehead atoms. The van der Waals surface area contributed by atoms with E-state index in [4.69, 9.17) is 9.47 Å². The number of benzene rings is 3. The van der Waals surface area contributed by atoms with Crippen LogP contribution < -0.4 is 14.8 Å². The van der Waals surface area contributed by atoms with E-state index in [1.807, 2.05) is 91.0 Å². The molecule has 1 aromatic heterocycles. The van der Waals surface area contributed by atoms with Gasteiger partial charge in [0.15, 0.2) is 0 Å². The summed E-state index contributed by atoms with van der Waals surface area (Å²) in [6.45, 7) is 0.970. The first-order valence-corrected chi connectivity index (χ1v) is 10.2.